The van der Waals surface area contributed by atoms with E-state index in [2.05, 4.69) is 57.5 Å². The monoisotopic (exact) mass is 502 g/mol. The van der Waals surface area contributed by atoms with E-state index in [1.54, 1.807) is 18.2 Å². The van der Waals surface area contributed by atoms with Crippen LogP contribution in [0.3, 0.4) is 0 Å². The predicted octanol–water partition coefficient (Wildman–Crippen LogP) is 4.82. The number of sulfonamides is 1. The van der Waals surface area contributed by atoms with Gasteiger partial charge in [0, 0.05) is 19.6 Å². The van der Waals surface area contributed by atoms with Gasteiger partial charge in [-0.15, -0.1) is 0 Å². The van der Waals surface area contributed by atoms with Crippen molar-refractivity contribution in [1.29, 1.82) is 0 Å². The van der Waals surface area contributed by atoms with Gasteiger partial charge in [0.1, 0.15) is 4.90 Å². The van der Waals surface area contributed by atoms with E-state index in [0.717, 1.165) is 4.47 Å². The summed E-state index contributed by atoms with van der Waals surface area (Å²) in [6.45, 7) is 0. The van der Waals surface area contributed by atoms with Crippen molar-refractivity contribution in [3.63, 3.8) is 0 Å². The minimum Gasteiger partial charge on any atom is -0.276 e. The molecule has 0 aliphatic carbocycles. The number of hydrogen-bond donors (Lipinski definition) is 1. The van der Waals surface area contributed by atoms with Crippen molar-refractivity contribution < 1.29 is 8.42 Å². The van der Waals surface area contributed by atoms with Gasteiger partial charge in [-0.05, 0) is 56.1 Å². The Morgan fingerprint density at radius 2 is 1.80 bits per heavy atom. The van der Waals surface area contributed by atoms with Crippen LogP contribution in [0.15, 0.2) is 48.8 Å². The molecule has 0 saturated heterocycles. The second kappa shape index (κ2) is 6.31. The molecular formula is C11H6Br3ClN2O2S. The van der Waals surface area contributed by atoms with Crippen molar-refractivity contribution in [2.45, 2.75) is 4.90 Å². The number of halogens is 4. The quantitative estimate of drug-likeness (QED) is 0.609. The first-order chi connectivity index (χ1) is 9.29. The molecule has 0 bridgehead atoms. The van der Waals surface area contributed by atoms with Crippen molar-refractivity contribution in [2.75, 3.05) is 4.72 Å². The maximum absolute atomic E-state index is 12.3. The summed E-state index contributed by atoms with van der Waals surface area (Å²) in [6, 6.07) is 6.31. The van der Waals surface area contributed by atoms with Gasteiger partial charge in [0.05, 0.1) is 5.69 Å². The van der Waals surface area contributed by atoms with Gasteiger partial charge in [0.2, 0.25) is 0 Å². The van der Waals surface area contributed by atoms with Gasteiger partial charge in [-0.3, -0.25) is 4.72 Å². The minimum atomic E-state index is -3.76. The van der Waals surface area contributed by atoms with E-state index in [1.807, 2.05) is 0 Å². The standard InChI is InChI=1S/C11H6Br3ClN2O2S/c12-6-1-2-10(8(14)3-6)20(18,19)17-9-4-7(13)5-16-11(9)15/h1-5,17H. The lowest BCUT2D eigenvalue weighted by Gasteiger charge is -2.11. The molecule has 1 N–H and O–H groups in total. The smallest absolute Gasteiger partial charge is 0.263 e. The van der Waals surface area contributed by atoms with Crippen molar-refractivity contribution in [3.05, 3.63) is 49.0 Å². The molecule has 0 unspecified atom stereocenters. The molecule has 4 nitrogen and oxygen atoms in total. The molecule has 9 heteroatoms. The lowest BCUT2D eigenvalue weighted by Crippen LogP contribution is -2.14. The number of nitrogens with zero attached hydrogens (tertiary/aromatic N) is 1. The first kappa shape index (κ1) is 16.2. The summed E-state index contributed by atoms with van der Waals surface area (Å²) in [4.78, 5) is 3.97. The molecule has 1 heterocycles. The minimum absolute atomic E-state index is 0.0741. The molecular weight excluding hydrogens is 499 g/mol. The van der Waals surface area contributed by atoms with Gasteiger partial charge < -0.3 is 0 Å². The summed E-state index contributed by atoms with van der Waals surface area (Å²) < 4.78 is 28.9. The van der Waals surface area contributed by atoms with Crippen molar-refractivity contribution >= 4 is 75.1 Å². The molecule has 0 radical (unpaired) electrons. The molecule has 0 fully saturated rings. The van der Waals surface area contributed by atoms with Crippen LogP contribution in [0.5, 0.6) is 0 Å². The summed E-state index contributed by atoms with van der Waals surface area (Å²) in [5, 5.41) is 0.0741. The first-order valence-electron chi connectivity index (χ1n) is 5.08. The highest BCUT2D eigenvalue weighted by Crippen LogP contribution is 2.30. The largest absolute Gasteiger partial charge is 0.276 e. The van der Waals surface area contributed by atoms with Crippen LogP contribution in [-0.4, -0.2) is 13.4 Å². The molecule has 2 rings (SSSR count). The van der Waals surface area contributed by atoms with Crippen LogP contribution in [0.1, 0.15) is 0 Å². The van der Waals surface area contributed by atoms with Crippen molar-refractivity contribution in [3.8, 4) is 0 Å². The second-order valence-corrected chi connectivity index (χ2v) is 8.37. The summed E-state index contributed by atoms with van der Waals surface area (Å²) in [5.41, 5.74) is 0.205. The Kier molecular flexibility index (Phi) is 5.12. The maximum atomic E-state index is 12.3. The third-order valence-corrected chi connectivity index (χ3v) is 5.80. The van der Waals surface area contributed by atoms with Gasteiger partial charge in [-0.25, -0.2) is 13.4 Å². The average molecular weight is 505 g/mol. The number of pyridine rings is 1. The summed E-state index contributed by atoms with van der Waals surface area (Å²) in [6.07, 6.45) is 1.48. The van der Waals surface area contributed by atoms with E-state index in [4.69, 9.17) is 11.6 Å². The predicted molar refractivity (Wildman–Crippen MR) is 89.6 cm³/mol. The van der Waals surface area contributed by atoms with E-state index in [-0.39, 0.29) is 15.7 Å². The SMILES string of the molecule is O=S(=O)(Nc1cc(Br)cnc1Cl)c1ccc(Br)cc1Br. The highest BCUT2D eigenvalue weighted by molar-refractivity contribution is 9.11. The van der Waals surface area contributed by atoms with Crippen molar-refractivity contribution in [2.24, 2.45) is 0 Å². The summed E-state index contributed by atoms with van der Waals surface area (Å²) >= 11 is 15.6. The highest BCUT2D eigenvalue weighted by atomic mass is 79.9. The lowest BCUT2D eigenvalue weighted by atomic mass is 10.4. The van der Waals surface area contributed by atoms with Gasteiger partial charge in [0.25, 0.3) is 10.0 Å². The average Bonchev–Trinajstić information content (AvgIpc) is 2.33. The molecule has 106 valence electrons. The topological polar surface area (TPSA) is 59.1 Å². The fourth-order valence-corrected chi connectivity index (χ4v) is 4.73. The normalized spacial score (nSPS) is 11.4. The lowest BCUT2D eigenvalue weighted by molar-refractivity contribution is 0.600. The third-order valence-electron chi connectivity index (χ3n) is 2.23. The molecule has 0 aliphatic rings. The highest BCUT2D eigenvalue weighted by Gasteiger charge is 2.19. The van der Waals surface area contributed by atoms with Crippen LogP contribution in [0.25, 0.3) is 0 Å². The fraction of sp³-hybridized carbons (Fsp3) is 0. The zero-order valence-corrected chi connectivity index (χ0v) is 15.9. The zero-order chi connectivity index (χ0) is 14.9. The van der Waals surface area contributed by atoms with Gasteiger partial charge >= 0.3 is 0 Å². The van der Waals surface area contributed by atoms with Gasteiger partial charge in [-0.1, -0.05) is 27.5 Å². The van der Waals surface area contributed by atoms with Crippen LogP contribution < -0.4 is 4.72 Å². The van der Waals surface area contributed by atoms with Crippen LogP contribution in [0.4, 0.5) is 5.69 Å². The van der Waals surface area contributed by atoms with Crippen LogP contribution in [0.2, 0.25) is 5.15 Å². The van der Waals surface area contributed by atoms with Gasteiger partial charge in [0.15, 0.2) is 5.15 Å². The van der Waals surface area contributed by atoms with E-state index >= 15 is 0 Å². The Labute approximate surface area is 146 Å². The third kappa shape index (κ3) is 3.73. The molecule has 1 aromatic heterocycles. The maximum Gasteiger partial charge on any atom is 0.263 e. The number of benzene rings is 1. The van der Waals surface area contributed by atoms with Crippen LogP contribution >= 0.6 is 59.4 Å². The number of rotatable bonds is 3. The Morgan fingerprint density at radius 3 is 2.45 bits per heavy atom. The summed E-state index contributed by atoms with van der Waals surface area (Å²) in [5.74, 6) is 0. The van der Waals surface area contributed by atoms with Crippen LogP contribution in [-0.2, 0) is 10.0 Å². The molecule has 0 spiro atoms. The van der Waals surface area contributed by atoms with Crippen molar-refractivity contribution in [1.82, 2.24) is 4.98 Å². The van der Waals surface area contributed by atoms with E-state index in [1.165, 1.54) is 12.3 Å². The Bertz CT molecular complexity index is 768. The number of nitrogens with one attached hydrogen (secondary N) is 1. The summed E-state index contributed by atoms with van der Waals surface area (Å²) in [7, 11) is -3.76. The molecule has 0 amide bonds. The Balaban J connectivity index is 2.43. The second-order valence-electron chi connectivity index (χ2n) is 3.67. The van der Waals surface area contributed by atoms with E-state index in [0.29, 0.717) is 8.95 Å². The Morgan fingerprint density at radius 1 is 1.10 bits per heavy atom. The molecule has 0 saturated carbocycles. The van der Waals surface area contributed by atoms with Crippen LogP contribution in [0, 0.1) is 0 Å². The fourth-order valence-electron chi connectivity index (χ4n) is 1.39. The Hall–Kier alpha value is -0.150. The molecule has 0 aliphatic heterocycles. The zero-order valence-electron chi connectivity index (χ0n) is 9.57. The molecule has 0 atom stereocenters. The molecule has 1 aromatic carbocycles. The molecule has 2 aromatic rings. The van der Waals surface area contributed by atoms with Gasteiger partial charge in [-0.2, -0.15) is 0 Å². The van der Waals surface area contributed by atoms with E-state index < -0.39 is 10.0 Å². The molecule has 20 heavy (non-hydrogen) atoms. The number of aromatic nitrogens is 1. The number of hydrogen-bond acceptors (Lipinski definition) is 3. The van der Waals surface area contributed by atoms with E-state index in [9.17, 15) is 8.42 Å². The number of anilines is 1. The first-order valence-corrected chi connectivity index (χ1v) is 9.32.